The maximum atomic E-state index is 13.9. The molecule has 0 unspecified atom stereocenters. The Morgan fingerprint density at radius 1 is 1.37 bits per heavy atom. The van der Waals surface area contributed by atoms with Crippen LogP contribution in [0.25, 0.3) is 0 Å². The zero-order chi connectivity index (χ0) is 14.0. The van der Waals surface area contributed by atoms with Gasteiger partial charge in [-0.15, -0.1) is 4.83 Å². The zero-order valence-corrected chi connectivity index (χ0v) is 12.3. The Labute approximate surface area is 118 Å². The predicted octanol–water partition coefficient (Wildman–Crippen LogP) is 0.696. The van der Waals surface area contributed by atoms with Crippen molar-refractivity contribution in [1.29, 1.82) is 0 Å². The van der Waals surface area contributed by atoms with E-state index in [2.05, 4.69) is 20.8 Å². The molecular formula is C10H13BrFN3O3S. The minimum atomic E-state index is -4.00. The molecule has 0 aromatic heterocycles. The molecule has 1 aromatic carbocycles. The summed E-state index contributed by atoms with van der Waals surface area (Å²) in [6.07, 6.45) is 0. The van der Waals surface area contributed by atoms with E-state index in [1.807, 2.05) is 0 Å². The van der Waals surface area contributed by atoms with Crippen LogP contribution in [0.5, 0.6) is 0 Å². The Hall–Kier alpha value is -0.740. The summed E-state index contributed by atoms with van der Waals surface area (Å²) in [5.41, 5.74) is 5.70. The van der Waals surface area contributed by atoms with Gasteiger partial charge in [-0.25, -0.2) is 17.8 Å². The van der Waals surface area contributed by atoms with E-state index in [1.54, 1.807) is 0 Å². The predicted molar refractivity (Wildman–Crippen MR) is 71.2 cm³/mol. The monoisotopic (exact) mass is 353 g/mol. The molecular weight excluding hydrogens is 341 g/mol. The summed E-state index contributed by atoms with van der Waals surface area (Å²) >= 11 is 2.93. The quantitative estimate of drug-likeness (QED) is 0.781. The second-order valence-corrected chi connectivity index (χ2v) is 6.49. The third-order valence-corrected chi connectivity index (χ3v) is 4.52. The molecule has 0 saturated carbocycles. The fourth-order valence-corrected chi connectivity index (χ4v) is 3.52. The molecule has 2 rings (SSSR count). The number of nitrogens with two attached hydrogens (primary N) is 1. The summed E-state index contributed by atoms with van der Waals surface area (Å²) in [6.45, 7) is 1.66. The number of nitrogens with zero attached hydrogens (tertiary/aromatic N) is 1. The molecule has 0 spiro atoms. The SMILES string of the molecule is Nc1cc(Br)c(F)c(S(=O)(=O)NN2CCOCC2)c1. The molecule has 19 heavy (non-hydrogen) atoms. The van der Waals surface area contributed by atoms with Crippen LogP contribution in [0.4, 0.5) is 10.1 Å². The van der Waals surface area contributed by atoms with Gasteiger partial charge in [0.15, 0.2) is 5.82 Å². The highest BCUT2D eigenvalue weighted by atomic mass is 79.9. The number of rotatable bonds is 3. The topological polar surface area (TPSA) is 84.7 Å². The number of morpholine rings is 1. The minimum Gasteiger partial charge on any atom is -0.399 e. The summed E-state index contributed by atoms with van der Waals surface area (Å²) in [5, 5.41) is 1.47. The largest absolute Gasteiger partial charge is 0.399 e. The van der Waals surface area contributed by atoms with Gasteiger partial charge in [0.1, 0.15) is 4.90 Å². The van der Waals surface area contributed by atoms with Gasteiger partial charge in [-0.2, -0.15) is 0 Å². The third-order valence-electron chi connectivity index (χ3n) is 2.57. The van der Waals surface area contributed by atoms with Crippen LogP contribution in [-0.4, -0.2) is 39.7 Å². The van der Waals surface area contributed by atoms with Gasteiger partial charge in [-0.05, 0) is 28.1 Å². The van der Waals surface area contributed by atoms with Gasteiger partial charge < -0.3 is 10.5 Å². The summed E-state index contributed by atoms with van der Waals surface area (Å²) in [6, 6.07) is 2.39. The molecule has 1 aliphatic heterocycles. The zero-order valence-electron chi connectivity index (χ0n) is 9.90. The fourth-order valence-electron chi connectivity index (χ4n) is 1.65. The summed E-state index contributed by atoms with van der Waals surface area (Å²) in [5.74, 6) is -0.866. The van der Waals surface area contributed by atoms with Crippen LogP contribution in [0.15, 0.2) is 21.5 Å². The highest BCUT2D eigenvalue weighted by Gasteiger charge is 2.25. The first-order valence-electron chi connectivity index (χ1n) is 5.50. The lowest BCUT2D eigenvalue weighted by Gasteiger charge is -2.26. The van der Waals surface area contributed by atoms with Crippen LogP contribution in [0.3, 0.4) is 0 Å². The van der Waals surface area contributed by atoms with Gasteiger partial charge in [-0.1, -0.05) is 0 Å². The number of sulfonamides is 1. The molecule has 1 fully saturated rings. The van der Waals surface area contributed by atoms with Crippen molar-refractivity contribution in [2.24, 2.45) is 0 Å². The number of halogens is 2. The van der Waals surface area contributed by atoms with Crippen LogP contribution in [0.1, 0.15) is 0 Å². The van der Waals surface area contributed by atoms with Crippen LogP contribution >= 0.6 is 15.9 Å². The standard InChI is InChI=1S/C10H13BrFN3O3S/c11-8-5-7(13)6-9(10(8)12)19(16,17)14-15-1-3-18-4-2-15/h5-6,14H,1-4,13H2. The number of nitrogen functional groups attached to an aromatic ring is 1. The minimum absolute atomic E-state index is 0.00912. The van der Waals surface area contributed by atoms with Crippen molar-refractivity contribution in [3.8, 4) is 0 Å². The van der Waals surface area contributed by atoms with Crippen LogP contribution < -0.4 is 10.6 Å². The van der Waals surface area contributed by atoms with Gasteiger partial charge in [-0.3, -0.25) is 0 Å². The number of benzene rings is 1. The first-order valence-corrected chi connectivity index (χ1v) is 7.77. The highest BCUT2D eigenvalue weighted by molar-refractivity contribution is 9.10. The third kappa shape index (κ3) is 3.42. The molecule has 0 amide bonds. The number of hydrazine groups is 1. The molecule has 9 heteroatoms. The summed E-state index contributed by atoms with van der Waals surface area (Å²) in [4.78, 5) is 1.84. The first-order chi connectivity index (χ1) is 8.90. The van der Waals surface area contributed by atoms with Crippen LogP contribution in [-0.2, 0) is 14.8 Å². The van der Waals surface area contributed by atoms with E-state index in [-0.39, 0.29) is 10.2 Å². The van der Waals surface area contributed by atoms with Crippen molar-refractivity contribution >= 4 is 31.6 Å². The van der Waals surface area contributed by atoms with Gasteiger partial charge in [0, 0.05) is 18.8 Å². The Morgan fingerprint density at radius 2 is 2.00 bits per heavy atom. The number of anilines is 1. The smallest absolute Gasteiger partial charge is 0.256 e. The van der Waals surface area contributed by atoms with E-state index in [0.717, 1.165) is 6.07 Å². The summed E-state index contributed by atoms with van der Waals surface area (Å²) < 4.78 is 43.2. The molecule has 0 bridgehead atoms. The Bertz CT molecular complexity index is 576. The molecule has 1 heterocycles. The van der Waals surface area contributed by atoms with Crippen molar-refractivity contribution in [2.45, 2.75) is 4.90 Å². The highest BCUT2D eigenvalue weighted by Crippen LogP contribution is 2.26. The molecule has 0 aliphatic carbocycles. The van der Waals surface area contributed by atoms with E-state index >= 15 is 0 Å². The van der Waals surface area contributed by atoms with Gasteiger partial charge >= 0.3 is 0 Å². The molecule has 106 valence electrons. The van der Waals surface area contributed by atoms with Crippen LogP contribution in [0.2, 0.25) is 0 Å². The Balaban J connectivity index is 2.28. The number of hydrogen-bond donors (Lipinski definition) is 2. The van der Waals surface area contributed by atoms with Crippen molar-refractivity contribution in [3.63, 3.8) is 0 Å². The maximum Gasteiger partial charge on any atom is 0.256 e. The molecule has 1 aromatic rings. The number of ether oxygens (including phenoxy) is 1. The van der Waals surface area contributed by atoms with E-state index in [9.17, 15) is 12.8 Å². The van der Waals surface area contributed by atoms with Crippen molar-refractivity contribution in [3.05, 3.63) is 22.4 Å². The van der Waals surface area contributed by atoms with E-state index in [1.165, 1.54) is 11.1 Å². The Kier molecular flexibility index (Phi) is 4.41. The lowest BCUT2D eigenvalue weighted by molar-refractivity contribution is 0.0272. The lowest BCUT2D eigenvalue weighted by Crippen LogP contribution is -2.48. The second-order valence-electron chi connectivity index (χ2n) is 4.01. The van der Waals surface area contributed by atoms with Crippen molar-refractivity contribution in [2.75, 3.05) is 32.0 Å². The van der Waals surface area contributed by atoms with Crippen molar-refractivity contribution in [1.82, 2.24) is 9.84 Å². The van der Waals surface area contributed by atoms with Gasteiger partial charge in [0.05, 0.1) is 17.7 Å². The molecule has 0 atom stereocenters. The molecule has 1 saturated heterocycles. The molecule has 1 aliphatic rings. The van der Waals surface area contributed by atoms with Gasteiger partial charge in [0.25, 0.3) is 10.0 Å². The van der Waals surface area contributed by atoms with Crippen molar-refractivity contribution < 1.29 is 17.5 Å². The van der Waals surface area contributed by atoms with Crippen LogP contribution in [0, 0.1) is 5.82 Å². The van der Waals surface area contributed by atoms with E-state index < -0.39 is 20.7 Å². The number of nitrogens with one attached hydrogen (secondary N) is 1. The van der Waals surface area contributed by atoms with Gasteiger partial charge in [0.2, 0.25) is 0 Å². The first kappa shape index (κ1) is 14.7. The normalized spacial score (nSPS) is 17.6. The summed E-state index contributed by atoms with van der Waals surface area (Å²) in [7, 11) is -4.00. The van der Waals surface area contributed by atoms with E-state index in [0.29, 0.717) is 26.3 Å². The second kappa shape index (κ2) is 5.71. The molecule has 3 N–H and O–H groups in total. The average Bonchev–Trinajstić information content (AvgIpc) is 2.34. The maximum absolute atomic E-state index is 13.9. The average molecular weight is 354 g/mol. The lowest BCUT2D eigenvalue weighted by atomic mass is 10.3. The molecule has 6 nitrogen and oxygen atoms in total. The Morgan fingerprint density at radius 3 is 2.63 bits per heavy atom. The van der Waals surface area contributed by atoms with E-state index in [4.69, 9.17) is 10.5 Å². The molecule has 0 radical (unpaired) electrons. The fraction of sp³-hybridized carbons (Fsp3) is 0.400. The number of hydrogen-bond acceptors (Lipinski definition) is 5.